The lowest BCUT2D eigenvalue weighted by Gasteiger charge is -2.33. The average Bonchev–Trinajstić information content (AvgIpc) is 3.21. The Morgan fingerprint density at radius 3 is 2.07 bits per heavy atom. The van der Waals surface area contributed by atoms with Gasteiger partial charge in [0.25, 0.3) is 0 Å². The first-order chi connectivity index (χ1) is 14.4. The van der Waals surface area contributed by atoms with E-state index in [0.717, 1.165) is 31.8 Å². The molecule has 1 aliphatic heterocycles. The smallest absolute Gasteiger partial charge is 0.236 e. The highest BCUT2D eigenvalue weighted by Crippen LogP contribution is 2.35. The highest BCUT2D eigenvalue weighted by atomic mass is 32.2. The summed E-state index contributed by atoms with van der Waals surface area (Å²) in [7, 11) is -4.05. The standard InChI is InChI=1S/C21H21F2N3O3S/c1-2-25-11-13-26(14-12-25)21-20(30(27,28)18-9-7-17(23)8-10-18)24-19(29-21)15-3-5-16(22)6-4-15/h3-10H,2,11-14H2,1H3. The van der Waals surface area contributed by atoms with Crippen LogP contribution in [0.25, 0.3) is 11.5 Å². The quantitative estimate of drug-likeness (QED) is 0.573. The minimum atomic E-state index is -4.05. The van der Waals surface area contributed by atoms with E-state index in [-0.39, 0.29) is 21.7 Å². The normalized spacial score (nSPS) is 15.5. The molecule has 3 aromatic rings. The predicted molar refractivity (Wildman–Crippen MR) is 108 cm³/mol. The van der Waals surface area contributed by atoms with Crippen LogP contribution < -0.4 is 4.90 Å². The van der Waals surface area contributed by atoms with Gasteiger partial charge in [-0.25, -0.2) is 17.2 Å². The zero-order chi connectivity index (χ0) is 21.3. The molecule has 1 aliphatic rings. The number of anilines is 1. The number of likely N-dealkylation sites (N-methyl/N-ethyl adjacent to an activating group) is 1. The molecule has 0 N–H and O–H groups in total. The second-order valence-corrected chi connectivity index (χ2v) is 8.88. The molecule has 0 atom stereocenters. The van der Waals surface area contributed by atoms with Crippen LogP contribution in [0.5, 0.6) is 0 Å². The Hall–Kier alpha value is -2.78. The van der Waals surface area contributed by atoms with Crippen LogP contribution in [-0.2, 0) is 9.84 Å². The largest absolute Gasteiger partial charge is 0.419 e. The van der Waals surface area contributed by atoms with E-state index in [1.807, 2.05) is 4.90 Å². The molecule has 158 valence electrons. The number of rotatable bonds is 5. The van der Waals surface area contributed by atoms with Gasteiger partial charge in [0.15, 0.2) is 0 Å². The number of benzene rings is 2. The summed E-state index contributed by atoms with van der Waals surface area (Å²) in [6, 6.07) is 10.1. The molecule has 2 aromatic carbocycles. The van der Waals surface area contributed by atoms with E-state index >= 15 is 0 Å². The van der Waals surface area contributed by atoms with Crippen molar-refractivity contribution < 1.29 is 21.6 Å². The van der Waals surface area contributed by atoms with Crippen molar-refractivity contribution in [2.75, 3.05) is 37.6 Å². The second kappa shape index (κ2) is 8.16. The second-order valence-electron chi connectivity index (χ2n) is 7.01. The number of sulfone groups is 1. The summed E-state index contributed by atoms with van der Waals surface area (Å²) < 4.78 is 59.1. The van der Waals surface area contributed by atoms with Gasteiger partial charge in [-0.1, -0.05) is 6.92 Å². The molecule has 0 amide bonds. The molecule has 0 spiro atoms. The Balaban J connectivity index is 1.79. The maximum Gasteiger partial charge on any atom is 0.236 e. The fraction of sp³-hybridized carbons (Fsp3) is 0.286. The molecule has 1 aromatic heterocycles. The van der Waals surface area contributed by atoms with Crippen LogP contribution in [0.2, 0.25) is 0 Å². The van der Waals surface area contributed by atoms with Crippen LogP contribution in [0.3, 0.4) is 0 Å². The van der Waals surface area contributed by atoms with Gasteiger partial charge < -0.3 is 14.2 Å². The molecular formula is C21H21F2N3O3S. The van der Waals surface area contributed by atoms with Gasteiger partial charge in [0.1, 0.15) is 11.6 Å². The van der Waals surface area contributed by atoms with E-state index in [0.29, 0.717) is 18.7 Å². The first kappa shape index (κ1) is 20.5. The predicted octanol–water partition coefficient (Wildman–Crippen LogP) is 3.59. The van der Waals surface area contributed by atoms with Gasteiger partial charge in [0.2, 0.25) is 26.6 Å². The summed E-state index contributed by atoms with van der Waals surface area (Å²) in [6.07, 6.45) is 0. The molecule has 9 heteroatoms. The van der Waals surface area contributed by atoms with Gasteiger partial charge >= 0.3 is 0 Å². The Labute approximate surface area is 173 Å². The number of oxazole rings is 1. The van der Waals surface area contributed by atoms with E-state index in [1.165, 1.54) is 36.4 Å². The molecule has 4 rings (SSSR count). The Kier molecular flexibility index (Phi) is 5.57. The number of hydrogen-bond donors (Lipinski definition) is 0. The van der Waals surface area contributed by atoms with Crippen molar-refractivity contribution in [2.24, 2.45) is 0 Å². The van der Waals surface area contributed by atoms with Crippen molar-refractivity contribution in [3.8, 4) is 11.5 Å². The lowest BCUT2D eigenvalue weighted by molar-refractivity contribution is 0.266. The Morgan fingerprint density at radius 1 is 0.933 bits per heavy atom. The minimum Gasteiger partial charge on any atom is -0.419 e. The van der Waals surface area contributed by atoms with Crippen molar-refractivity contribution in [3.05, 3.63) is 60.2 Å². The lowest BCUT2D eigenvalue weighted by atomic mass is 10.2. The Bertz CT molecular complexity index is 1120. The fourth-order valence-corrected chi connectivity index (χ4v) is 4.70. The first-order valence-corrected chi connectivity index (χ1v) is 11.1. The van der Waals surface area contributed by atoms with Crippen molar-refractivity contribution in [2.45, 2.75) is 16.8 Å². The van der Waals surface area contributed by atoms with Crippen LogP contribution >= 0.6 is 0 Å². The van der Waals surface area contributed by atoms with Crippen LogP contribution in [0, 0.1) is 11.6 Å². The molecule has 0 radical (unpaired) electrons. The zero-order valence-electron chi connectivity index (χ0n) is 16.4. The summed E-state index contributed by atoms with van der Waals surface area (Å²) >= 11 is 0. The summed E-state index contributed by atoms with van der Waals surface area (Å²) in [5, 5.41) is -0.224. The number of piperazine rings is 1. The maximum absolute atomic E-state index is 13.3. The van der Waals surface area contributed by atoms with Crippen molar-refractivity contribution in [1.29, 1.82) is 0 Å². The maximum atomic E-state index is 13.3. The molecule has 0 saturated carbocycles. The van der Waals surface area contributed by atoms with Gasteiger partial charge in [-0.2, -0.15) is 4.98 Å². The fourth-order valence-electron chi connectivity index (χ4n) is 3.38. The third-order valence-electron chi connectivity index (χ3n) is 5.16. The van der Waals surface area contributed by atoms with Crippen molar-refractivity contribution in [3.63, 3.8) is 0 Å². The Morgan fingerprint density at radius 2 is 1.50 bits per heavy atom. The van der Waals surface area contributed by atoms with E-state index in [9.17, 15) is 17.2 Å². The molecule has 6 nitrogen and oxygen atoms in total. The van der Waals surface area contributed by atoms with E-state index in [1.54, 1.807) is 0 Å². The summed E-state index contributed by atoms with van der Waals surface area (Å²) in [6.45, 7) is 5.67. The molecule has 2 heterocycles. The van der Waals surface area contributed by atoms with E-state index in [4.69, 9.17) is 4.42 Å². The van der Waals surface area contributed by atoms with Crippen molar-refractivity contribution >= 4 is 15.7 Å². The molecule has 30 heavy (non-hydrogen) atoms. The van der Waals surface area contributed by atoms with Gasteiger partial charge in [-0.05, 0) is 55.1 Å². The number of hydrogen-bond acceptors (Lipinski definition) is 6. The summed E-state index contributed by atoms with van der Waals surface area (Å²) in [4.78, 5) is 8.30. The SMILES string of the molecule is CCN1CCN(c2oc(-c3ccc(F)cc3)nc2S(=O)(=O)c2ccc(F)cc2)CC1. The third-order valence-corrected chi connectivity index (χ3v) is 6.82. The lowest BCUT2D eigenvalue weighted by Crippen LogP contribution is -2.46. The van der Waals surface area contributed by atoms with E-state index < -0.39 is 21.5 Å². The van der Waals surface area contributed by atoms with Crippen LogP contribution in [0.1, 0.15) is 6.92 Å². The van der Waals surface area contributed by atoms with Crippen LogP contribution in [0.4, 0.5) is 14.7 Å². The molecule has 1 fully saturated rings. The van der Waals surface area contributed by atoms with Crippen LogP contribution in [-0.4, -0.2) is 51.0 Å². The monoisotopic (exact) mass is 433 g/mol. The highest BCUT2D eigenvalue weighted by molar-refractivity contribution is 7.91. The van der Waals surface area contributed by atoms with Crippen LogP contribution in [0.15, 0.2) is 62.9 Å². The third kappa shape index (κ3) is 3.95. The molecule has 0 aliphatic carbocycles. The molecule has 0 bridgehead atoms. The molecular weight excluding hydrogens is 412 g/mol. The van der Waals surface area contributed by atoms with Gasteiger partial charge in [-0.15, -0.1) is 0 Å². The highest BCUT2D eigenvalue weighted by Gasteiger charge is 2.32. The molecule has 0 unspecified atom stereocenters. The summed E-state index contributed by atoms with van der Waals surface area (Å²) in [5.41, 5.74) is 0.463. The number of aromatic nitrogens is 1. The van der Waals surface area contributed by atoms with E-state index in [2.05, 4.69) is 16.8 Å². The van der Waals surface area contributed by atoms with Crippen molar-refractivity contribution in [1.82, 2.24) is 9.88 Å². The van der Waals surface area contributed by atoms with Gasteiger partial charge in [0.05, 0.1) is 4.90 Å². The topological polar surface area (TPSA) is 66.7 Å². The summed E-state index contributed by atoms with van der Waals surface area (Å²) in [5.74, 6) is -0.713. The van der Waals surface area contributed by atoms with Gasteiger partial charge in [0, 0.05) is 31.7 Å². The van der Waals surface area contributed by atoms with Gasteiger partial charge in [-0.3, -0.25) is 0 Å². The average molecular weight is 433 g/mol. The number of nitrogens with zero attached hydrogens (tertiary/aromatic N) is 3. The first-order valence-electron chi connectivity index (χ1n) is 9.63. The molecule has 1 saturated heterocycles. The number of halogens is 2. The zero-order valence-corrected chi connectivity index (χ0v) is 17.2. The minimum absolute atomic E-state index is 0.0729.